The van der Waals surface area contributed by atoms with Crippen molar-refractivity contribution in [3.8, 4) is 0 Å². The van der Waals surface area contributed by atoms with Gasteiger partial charge >= 0.3 is 11.9 Å². The minimum atomic E-state index is -1.83. The number of hydrogen-bond donors (Lipinski definition) is 12. The van der Waals surface area contributed by atoms with E-state index in [4.69, 9.17) is 11.5 Å². The van der Waals surface area contributed by atoms with Crippen LogP contribution in [0.15, 0.2) is 35.3 Å². The van der Waals surface area contributed by atoms with E-state index in [0.29, 0.717) is 12.0 Å². The van der Waals surface area contributed by atoms with E-state index < -0.39 is 163 Å². The summed E-state index contributed by atoms with van der Waals surface area (Å²) in [5, 5.41) is 40.9. The predicted molar refractivity (Wildman–Crippen MR) is 303 cm³/mol. The Kier molecular flexibility index (Phi) is 26.2. The summed E-state index contributed by atoms with van der Waals surface area (Å²) < 4.78 is 0. The molecule has 0 unspecified atom stereocenters. The number of hydrogen-bond acceptors (Lipinski definition) is 13. The molecule has 1 aromatic rings. The van der Waals surface area contributed by atoms with Gasteiger partial charge in [0.15, 0.2) is 5.96 Å². The molecule has 0 aliphatic carbocycles. The van der Waals surface area contributed by atoms with Gasteiger partial charge in [0.05, 0.1) is 6.42 Å². The van der Waals surface area contributed by atoms with Crippen LogP contribution in [0.25, 0.3) is 0 Å². The van der Waals surface area contributed by atoms with Crippen LogP contribution in [-0.2, 0) is 64.0 Å². The number of carboxylic acid groups (broad SMARTS) is 2. The van der Waals surface area contributed by atoms with E-state index in [1.807, 2.05) is 13.8 Å². The fraction of sp³-hybridized carbons (Fsp3) is 0.661. The monoisotopic (exact) mass is 1170 g/mol. The zero-order valence-electron chi connectivity index (χ0n) is 48.9. The number of nitrogens with one attached hydrogen (secondary N) is 8. The Morgan fingerprint density at radius 1 is 0.530 bits per heavy atom. The Labute approximate surface area is 484 Å². The van der Waals surface area contributed by atoms with Crippen LogP contribution >= 0.6 is 0 Å². The summed E-state index contributed by atoms with van der Waals surface area (Å²) in [5.41, 5.74) is 11.8. The van der Waals surface area contributed by atoms with Gasteiger partial charge in [0, 0.05) is 32.5 Å². The fourth-order valence-corrected chi connectivity index (χ4v) is 10.3. The molecule has 0 saturated carbocycles. The molecule has 10 atom stereocenters. The Bertz CT molecular complexity index is 2520. The predicted octanol–water partition coefficient (Wildman–Crippen LogP) is -1.10. The standard InChI is InChI=1S/C56H87N13O14/c1-29(2)25-36-47(75)61-35(20-21-42(70)71)54(82)68-23-13-18-40(68)50(78)66-44(31(5)6)52(80)60-34(17-12-22-59-56(57)58)46(74)62-37(26-30(3)4)48(76)65-39(27-33-15-10-9-11-16-33)55(83)69-24-14-19-41(69)51(79)67-45(32(7)8)53(81)64-38(28-43(72)73)49(77)63-36/h9-11,15-16,29-32,34-41,44-45H,12-14,17-28H2,1-8H3,(H,60,80)(H,61,75)(H,62,74)(H,63,77)(H,64,81)(H,65,76)(H,66,78)(H,67,79)(H,70,71)(H,72,73)(H4,57,58,59)/t34-,35+,36-,37-,38-,39+,40-,41-,44-,45-/m0/s1. The van der Waals surface area contributed by atoms with E-state index in [9.17, 15) is 67.7 Å². The summed E-state index contributed by atoms with van der Waals surface area (Å²) in [7, 11) is 0. The topological polar surface area (TPSA) is 412 Å². The first-order chi connectivity index (χ1) is 39.1. The van der Waals surface area contributed by atoms with Crippen LogP contribution in [0.4, 0.5) is 0 Å². The maximum absolute atomic E-state index is 14.9. The number of benzene rings is 1. The Morgan fingerprint density at radius 3 is 1.40 bits per heavy atom. The molecule has 10 amide bonds. The SMILES string of the molecule is CC(C)C[C@@H]1NC(=O)[C@H](CC(=O)O)NC(=O)[C@H](C(C)C)NC(=O)[C@@H]2CCCN2C(=O)[C@@H](Cc2ccccc2)NC(=O)[C@H](CC(C)C)NC(=O)[C@H](CCCN=C(N)N)NC(=O)[C@H](C(C)C)NC(=O)[C@@H]2CCCN2C(=O)[C@@H](CCC(=O)O)NC1=O. The second kappa shape index (κ2) is 32.1. The summed E-state index contributed by atoms with van der Waals surface area (Å²) in [6.45, 7) is 13.6. The van der Waals surface area contributed by atoms with Gasteiger partial charge in [-0.2, -0.15) is 0 Å². The van der Waals surface area contributed by atoms with Crippen molar-refractivity contribution < 1.29 is 67.7 Å². The van der Waals surface area contributed by atoms with Crippen LogP contribution in [-0.4, -0.2) is 177 Å². The summed E-state index contributed by atoms with van der Waals surface area (Å²) >= 11 is 0. The molecule has 0 bridgehead atoms. The van der Waals surface area contributed by atoms with Gasteiger partial charge in [0.25, 0.3) is 0 Å². The molecule has 3 aliphatic heterocycles. The summed E-state index contributed by atoms with van der Waals surface area (Å²) in [6.07, 6.45) is -1.17. The van der Waals surface area contributed by atoms with Crippen molar-refractivity contribution in [3.63, 3.8) is 0 Å². The number of carbonyl (C=O) groups is 12. The highest BCUT2D eigenvalue weighted by molar-refractivity contribution is 6.00. The van der Waals surface area contributed by atoms with E-state index in [1.54, 1.807) is 71.9 Å². The molecule has 0 spiro atoms. The van der Waals surface area contributed by atoms with Crippen molar-refractivity contribution in [2.45, 2.75) is 193 Å². The molecule has 3 fully saturated rings. The second-order valence-corrected chi connectivity index (χ2v) is 23.1. The highest BCUT2D eigenvalue weighted by atomic mass is 16.4. The van der Waals surface area contributed by atoms with Crippen molar-refractivity contribution in [3.05, 3.63) is 35.9 Å². The number of carboxylic acids is 2. The largest absolute Gasteiger partial charge is 0.481 e. The molecule has 3 heterocycles. The van der Waals surface area contributed by atoms with Crippen molar-refractivity contribution in [2.24, 2.45) is 40.1 Å². The molecular formula is C56H87N13O14. The lowest BCUT2D eigenvalue weighted by atomic mass is 9.99. The van der Waals surface area contributed by atoms with Crippen molar-refractivity contribution in [1.29, 1.82) is 0 Å². The lowest BCUT2D eigenvalue weighted by Crippen LogP contribution is -2.62. The molecule has 83 heavy (non-hydrogen) atoms. The summed E-state index contributed by atoms with van der Waals surface area (Å²) in [4.78, 5) is 175. The second-order valence-electron chi connectivity index (χ2n) is 23.1. The van der Waals surface area contributed by atoms with Gasteiger partial charge in [-0.15, -0.1) is 0 Å². The number of aliphatic imine (C=N–C) groups is 1. The number of nitrogens with two attached hydrogens (primary N) is 2. The molecule has 1 aromatic carbocycles. The van der Waals surface area contributed by atoms with Gasteiger partial charge in [0.1, 0.15) is 60.4 Å². The molecular weight excluding hydrogens is 1080 g/mol. The molecule has 3 saturated heterocycles. The average molecular weight is 1170 g/mol. The number of amides is 10. The van der Waals surface area contributed by atoms with Crippen molar-refractivity contribution >= 4 is 77.0 Å². The van der Waals surface area contributed by atoms with E-state index in [-0.39, 0.29) is 88.8 Å². The third-order valence-electron chi connectivity index (χ3n) is 14.6. The molecule has 3 aliphatic rings. The summed E-state index contributed by atoms with van der Waals surface area (Å²) in [5.74, 6) is -13.3. The van der Waals surface area contributed by atoms with Gasteiger partial charge in [-0.1, -0.05) is 85.7 Å². The third kappa shape index (κ3) is 20.8. The van der Waals surface area contributed by atoms with Gasteiger partial charge in [-0.25, -0.2) is 0 Å². The minimum Gasteiger partial charge on any atom is -0.481 e. The van der Waals surface area contributed by atoms with Gasteiger partial charge < -0.3 is 74.0 Å². The van der Waals surface area contributed by atoms with Crippen LogP contribution < -0.4 is 54.0 Å². The zero-order chi connectivity index (χ0) is 61.8. The maximum Gasteiger partial charge on any atom is 0.305 e. The van der Waals surface area contributed by atoms with Crippen LogP contribution in [0.3, 0.4) is 0 Å². The van der Waals surface area contributed by atoms with Crippen LogP contribution in [0.5, 0.6) is 0 Å². The van der Waals surface area contributed by atoms with Crippen molar-refractivity contribution in [2.75, 3.05) is 19.6 Å². The van der Waals surface area contributed by atoms with Crippen LogP contribution in [0.1, 0.15) is 132 Å². The number of nitrogens with zero attached hydrogens (tertiary/aromatic N) is 3. The van der Waals surface area contributed by atoms with E-state index in [1.165, 1.54) is 4.90 Å². The fourth-order valence-electron chi connectivity index (χ4n) is 10.3. The first-order valence-electron chi connectivity index (χ1n) is 28.6. The minimum absolute atomic E-state index is 0.0152. The van der Waals surface area contributed by atoms with E-state index in [2.05, 4.69) is 47.5 Å². The highest BCUT2D eigenvalue weighted by Gasteiger charge is 2.43. The normalized spacial score (nSPS) is 26.2. The highest BCUT2D eigenvalue weighted by Crippen LogP contribution is 2.23. The van der Waals surface area contributed by atoms with E-state index in [0.717, 1.165) is 4.90 Å². The molecule has 0 radical (unpaired) electrons. The van der Waals surface area contributed by atoms with Crippen molar-refractivity contribution in [1.82, 2.24) is 52.3 Å². The molecule has 0 aromatic heterocycles. The summed E-state index contributed by atoms with van der Waals surface area (Å²) in [6, 6.07) is -5.21. The number of fused-ring (bicyclic) bond motifs is 2. The maximum atomic E-state index is 14.9. The Hall–Kier alpha value is -7.87. The van der Waals surface area contributed by atoms with Crippen LogP contribution in [0, 0.1) is 23.7 Å². The molecule has 27 heteroatoms. The lowest BCUT2D eigenvalue weighted by molar-refractivity contribution is -0.144. The lowest BCUT2D eigenvalue weighted by Gasteiger charge is -2.32. The Balaban J connectivity index is 1.86. The number of rotatable bonds is 17. The molecule has 4 rings (SSSR count). The van der Waals surface area contributed by atoms with E-state index >= 15 is 0 Å². The van der Waals surface area contributed by atoms with Gasteiger partial charge in [-0.3, -0.25) is 62.5 Å². The zero-order valence-corrected chi connectivity index (χ0v) is 48.9. The average Bonchev–Trinajstić information content (AvgIpc) is 4.34. The first-order valence-corrected chi connectivity index (χ1v) is 28.6. The van der Waals surface area contributed by atoms with Crippen LogP contribution in [0.2, 0.25) is 0 Å². The third-order valence-corrected chi connectivity index (χ3v) is 14.6. The van der Waals surface area contributed by atoms with Gasteiger partial charge in [-0.05, 0) is 87.0 Å². The number of aliphatic carboxylic acids is 2. The number of carbonyl (C=O) groups excluding carboxylic acids is 10. The molecule has 460 valence electrons. The smallest absolute Gasteiger partial charge is 0.305 e. The quantitative estimate of drug-likeness (QED) is 0.0500. The molecule has 14 N–H and O–H groups in total. The first kappa shape index (κ1) is 67.6. The number of guanidine groups is 1. The molecule has 27 nitrogen and oxygen atoms in total. The Morgan fingerprint density at radius 2 is 0.952 bits per heavy atom. The van der Waals surface area contributed by atoms with Gasteiger partial charge in [0.2, 0.25) is 59.1 Å².